The molecule has 0 atom stereocenters. The Bertz CT molecular complexity index is 679. The van der Waals surface area contributed by atoms with Crippen LogP contribution in [-0.2, 0) is 22.4 Å². The molecule has 0 unspecified atom stereocenters. The van der Waals surface area contributed by atoms with Gasteiger partial charge < -0.3 is 5.11 Å². The number of aliphatic hydroxyl groups excluding tert-OH is 1. The highest BCUT2D eigenvalue weighted by atomic mass is 32.2. The van der Waals surface area contributed by atoms with Crippen LogP contribution in [0.1, 0.15) is 16.7 Å². The van der Waals surface area contributed by atoms with E-state index in [2.05, 4.69) is 4.72 Å². The maximum absolute atomic E-state index is 12.1. The van der Waals surface area contributed by atoms with E-state index in [0.29, 0.717) is 16.8 Å². The van der Waals surface area contributed by atoms with Gasteiger partial charge in [-0.3, -0.25) is 4.72 Å². The summed E-state index contributed by atoms with van der Waals surface area (Å²) in [6.07, 6.45) is 0. The molecule has 0 bridgehead atoms. The summed E-state index contributed by atoms with van der Waals surface area (Å²) in [6.45, 7) is 1.85. The van der Waals surface area contributed by atoms with Crippen LogP contribution in [0, 0.1) is 6.92 Å². The molecule has 0 saturated carbocycles. The number of rotatable bonds is 5. The number of hydrogen-bond acceptors (Lipinski definition) is 3. The van der Waals surface area contributed by atoms with Crippen molar-refractivity contribution in [2.45, 2.75) is 19.3 Å². The first-order valence-electron chi connectivity index (χ1n) is 6.24. The van der Waals surface area contributed by atoms with Gasteiger partial charge >= 0.3 is 0 Å². The van der Waals surface area contributed by atoms with Crippen LogP contribution in [0.2, 0.25) is 0 Å². The lowest BCUT2D eigenvalue weighted by Crippen LogP contribution is -2.15. The van der Waals surface area contributed by atoms with E-state index in [-0.39, 0.29) is 12.4 Å². The van der Waals surface area contributed by atoms with Crippen molar-refractivity contribution < 1.29 is 13.5 Å². The van der Waals surface area contributed by atoms with E-state index in [1.54, 1.807) is 36.4 Å². The summed E-state index contributed by atoms with van der Waals surface area (Å²) in [5.74, 6) is -0.116. The van der Waals surface area contributed by atoms with Gasteiger partial charge in [0.25, 0.3) is 0 Å². The second-order valence-electron chi connectivity index (χ2n) is 4.71. The molecule has 0 amide bonds. The second kappa shape index (κ2) is 6.07. The van der Waals surface area contributed by atoms with Crippen LogP contribution in [-0.4, -0.2) is 13.5 Å². The van der Waals surface area contributed by atoms with Gasteiger partial charge in [0.05, 0.1) is 12.4 Å². The minimum Gasteiger partial charge on any atom is -0.392 e. The van der Waals surface area contributed by atoms with Gasteiger partial charge in [-0.2, -0.15) is 0 Å². The Kier molecular flexibility index (Phi) is 4.42. The van der Waals surface area contributed by atoms with E-state index in [4.69, 9.17) is 5.11 Å². The van der Waals surface area contributed by atoms with E-state index in [0.717, 1.165) is 5.56 Å². The van der Waals surface area contributed by atoms with Crippen molar-refractivity contribution in [1.82, 2.24) is 0 Å². The Labute approximate surface area is 119 Å². The third-order valence-corrected chi connectivity index (χ3v) is 4.12. The maximum Gasteiger partial charge on any atom is 0.236 e. The average Bonchev–Trinajstić information content (AvgIpc) is 2.41. The van der Waals surface area contributed by atoms with Crippen molar-refractivity contribution >= 4 is 15.7 Å². The van der Waals surface area contributed by atoms with Gasteiger partial charge in [0.1, 0.15) is 0 Å². The van der Waals surface area contributed by atoms with Crippen LogP contribution >= 0.6 is 0 Å². The average molecular weight is 291 g/mol. The first-order chi connectivity index (χ1) is 9.48. The lowest BCUT2D eigenvalue weighted by molar-refractivity contribution is 0.282. The fraction of sp³-hybridized carbons (Fsp3) is 0.200. The number of aliphatic hydroxyl groups is 1. The third kappa shape index (κ3) is 4.08. The number of aryl methyl sites for hydroxylation is 1. The van der Waals surface area contributed by atoms with Crippen molar-refractivity contribution in [3.63, 3.8) is 0 Å². The van der Waals surface area contributed by atoms with Crippen molar-refractivity contribution in [2.75, 3.05) is 4.72 Å². The SMILES string of the molecule is Cc1ccc(NS(=O)(=O)Cc2cccc(CO)c2)cc1. The maximum atomic E-state index is 12.1. The quantitative estimate of drug-likeness (QED) is 0.889. The summed E-state index contributed by atoms with van der Waals surface area (Å²) in [6, 6.07) is 14.1. The molecule has 2 aromatic carbocycles. The zero-order valence-corrected chi connectivity index (χ0v) is 12.0. The molecule has 0 radical (unpaired) electrons. The normalized spacial score (nSPS) is 11.3. The lowest BCUT2D eigenvalue weighted by atomic mass is 10.1. The summed E-state index contributed by atoms with van der Waals surface area (Å²) in [4.78, 5) is 0. The molecule has 0 spiro atoms. The molecule has 0 aliphatic rings. The standard InChI is InChI=1S/C15H17NO3S/c1-12-5-7-15(8-6-12)16-20(18,19)11-14-4-2-3-13(9-14)10-17/h2-9,16-17H,10-11H2,1H3. The fourth-order valence-corrected chi connectivity index (χ4v) is 3.06. The Morgan fingerprint density at radius 1 is 1.05 bits per heavy atom. The molecular weight excluding hydrogens is 274 g/mol. The molecule has 2 N–H and O–H groups in total. The van der Waals surface area contributed by atoms with Gasteiger partial charge in [0, 0.05) is 5.69 Å². The van der Waals surface area contributed by atoms with Crippen LogP contribution in [0.5, 0.6) is 0 Å². The smallest absolute Gasteiger partial charge is 0.236 e. The van der Waals surface area contributed by atoms with Crippen molar-refractivity contribution in [1.29, 1.82) is 0 Å². The van der Waals surface area contributed by atoms with E-state index >= 15 is 0 Å². The summed E-state index contributed by atoms with van der Waals surface area (Å²) < 4.78 is 26.7. The molecule has 106 valence electrons. The van der Waals surface area contributed by atoms with Gasteiger partial charge in [-0.25, -0.2) is 8.42 Å². The fourth-order valence-electron chi connectivity index (χ4n) is 1.87. The van der Waals surface area contributed by atoms with Crippen molar-refractivity contribution in [3.05, 3.63) is 65.2 Å². The van der Waals surface area contributed by atoms with Crippen LogP contribution in [0.3, 0.4) is 0 Å². The zero-order chi connectivity index (χ0) is 14.6. The number of nitrogens with one attached hydrogen (secondary N) is 1. The van der Waals surface area contributed by atoms with Crippen LogP contribution < -0.4 is 4.72 Å². The molecule has 2 rings (SSSR count). The molecule has 0 aliphatic heterocycles. The number of sulfonamides is 1. The Balaban J connectivity index is 2.12. The van der Waals surface area contributed by atoms with Gasteiger partial charge in [0.15, 0.2) is 0 Å². The summed E-state index contributed by atoms with van der Waals surface area (Å²) in [5.41, 5.74) is 2.97. The molecule has 0 saturated heterocycles. The van der Waals surface area contributed by atoms with Crippen LogP contribution in [0.4, 0.5) is 5.69 Å². The highest BCUT2D eigenvalue weighted by Crippen LogP contribution is 2.14. The van der Waals surface area contributed by atoms with Crippen LogP contribution in [0.15, 0.2) is 48.5 Å². The molecule has 0 heterocycles. The van der Waals surface area contributed by atoms with E-state index in [1.807, 2.05) is 19.1 Å². The number of benzene rings is 2. The van der Waals surface area contributed by atoms with Crippen molar-refractivity contribution in [3.8, 4) is 0 Å². The molecule has 0 fully saturated rings. The van der Waals surface area contributed by atoms with Gasteiger partial charge in [0.2, 0.25) is 10.0 Å². The third-order valence-electron chi connectivity index (χ3n) is 2.86. The molecule has 5 heteroatoms. The minimum atomic E-state index is -3.46. The molecular formula is C15H17NO3S. The van der Waals surface area contributed by atoms with E-state index < -0.39 is 10.0 Å². The topological polar surface area (TPSA) is 66.4 Å². The molecule has 2 aromatic rings. The number of anilines is 1. The molecule has 20 heavy (non-hydrogen) atoms. The van der Waals surface area contributed by atoms with Gasteiger partial charge in [-0.1, -0.05) is 42.0 Å². The Morgan fingerprint density at radius 3 is 2.35 bits per heavy atom. The Morgan fingerprint density at radius 2 is 1.70 bits per heavy atom. The minimum absolute atomic E-state index is 0.0979. The first-order valence-corrected chi connectivity index (χ1v) is 7.89. The largest absolute Gasteiger partial charge is 0.392 e. The van der Waals surface area contributed by atoms with Gasteiger partial charge in [-0.15, -0.1) is 0 Å². The summed E-state index contributed by atoms with van der Waals surface area (Å²) >= 11 is 0. The van der Waals surface area contributed by atoms with Crippen LogP contribution in [0.25, 0.3) is 0 Å². The first kappa shape index (κ1) is 14.6. The van der Waals surface area contributed by atoms with Gasteiger partial charge in [-0.05, 0) is 30.2 Å². The number of hydrogen-bond donors (Lipinski definition) is 2. The monoisotopic (exact) mass is 291 g/mol. The zero-order valence-electron chi connectivity index (χ0n) is 11.2. The predicted molar refractivity (Wildman–Crippen MR) is 79.8 cm³/mol. The highest BCUT2D eigenvalue weighted by Gasteiger charge is 2.12. The van der Waals surface area contributed by atoms with E-state index in [9.17, 15) is 8.42 Å². The molecule has 4 nitrogen and oxygen atoms in total. The predicted octanol–water partition coefficient (Wildman–Crippen LogP) is 2.43. The Hall–Kier alpha value is -1.85. The lowest BCUT2D eigenvalue weighted by Gasteiger charge is -2.09. The highest BCUT2D eigenvalue weighted by molar-refractivity contribution is 7.91. The van der Waals surface area contributed by atoms with Crippen molar-refractivity contribution in [2.24, 2.45) is 0 Å². The summed E-state index contributed by atoms with van der Waals surface area (Å²) in [7, 11) is -3.46. The molecule has 0 aliphatic carbocycles. The second-order valence-corrected chi connectivity index (χ2v) is 6.43. The molecule has 0 aromatic heterocycles. The summed E-state index contributed by atoms with van der Waals surface area (Å²) in [5, 5.41) is 9.06. The van der Waals surface area contributed by atoms with E-state index in [1.165, 1.54) is 0 Å².